The van der Waals surface area contributed by atoms with Crippen LogP contribution in [0.15, 0.2) is 34.9 Å². The number of carbonyl (C=O) groups is 2. The number of allylic oxidation sites excluding steroid dienone is 3. The van der Waals surface area contributed by atoms with Gasteiger partial charge in [0.15, 0.2) is 0 Å². The van der Waals surface area contributed by atoms with Crippen LogP contribution in [-0.4, -0.2) is 23.1 Å². The van der Waals surface area contributed by atoms with Crippen molar-refractivity contribution in [1.82, 2.24) is 0 Å². The van der Waals surface area contributed by atoms with Gasteiger partial charge in [-0.25, -0.2) is 9.59 Å². The summed E-state index contributed by atoms with van der Waals surface area (Å²) in [6.07, 6.45) is 10.00. The topological polar surface area (TPSA) is 63.6 Å². The van der Waals surface area contributed by atoms with Crippen LogP contribution in [0.4, 0.5) is 0 Å². The predicted octanol–water partition coefficient (Wildman–Crippen LogP) is 6.08. The number of carboxylic acids is 1. The average Bonchev–Trinajstić information content (AvgIpc) is 2.65. The van der Waals surface area contributed by atoms with Crippen molar-refractivity contribution >= 4 is 11.9 Å². The summed E-state index contributed by atoms with van der Waals surface area (Å²) in [4.78, 5) is 23.6. The van der Waals surface area contributed by atoms with Crippen molar-refractivity contribution in [3.05, 3.63) is 34.9 Å². The molecule has 1 fully saturated rings. The highest BCUT2D eigenvalue weighted by atomic mass is 16.5. The summed E-state index contributed by atoms with van der Waals surface area (Å²) < 4.78 is 6.09. The number of fused-ring (bicyclic) bond motifs is 1. The third-order valence-corrected chi connectivity index (χ3v) is 8.07. The van der Waals surface area contributed by atoms with Crippen molar-refractivity contribution in [2.45, 2.75) is 86.7 Å². The van der Waals surface area contributed by atoms with Gasteiger partial charge >= 0.3 is 11.9 Å². The van der Waals surface area contributed by atoms with Crippen molar-refractivity contribution in [3.8, 4) is 0 Å². The van der Waals surface area contributed by atoms with Gasteiger partial charge in [0.1, 0.15) is 6.10 Å². The van der Waals surface area contributed by atoms with Crippen LogP contribution in [0.3, 0.4) is 0 Å². The van der Waals surface area contributed by atoms with E-state index in [9.17, 15) is 9.59 Å². The minimum atomic E-state index is -0.878. The second-order valence-corrected chi connectivity index (χ2v) is 9.64. The maximum atomic E-state index is 12.6. The standard InChI is InChI=1S/C25H38O4/c1-8-17(3)23(28)29-21-15-19(5)24(6,13-12-16(2)14-22(26)27)20-11-9-10-18(4)25(20,21)7/h8,10,14,19-21H,9,11-13,15H2,1-7H3,(H,26,27)/t19-,20-,21-,24+,25+/m1/s1. The highest BCUT2D eigenvalue weighted by Crippen LogP contribution is 2.62. The van der Waals surface area contributed by atoms with Gasteiger partial charge in [-0.3, -0.25) is 0 Å². The highest BCUT2D eigenvalue weighted by Gasteiger charge is 2.58. The first-order valence-corrected chi connectivity index (χ1v) is 10.9. The van der Waals surface area contributed by atoms with Crippen molar-refractivity contribution in [1.29, 1.82) is 0 Å². The summed E-state index contributed by atoms with van der Waals surface area (Å²) in [6.45, 7) is 14.7. The van der Waals surface area contributed by atoms with Crippen LogP contribution < -0.4 is 0 Å². The highest BCUT2D eigenvalue weighted by molar-refractivity contribution is 5.87. The van der Waals surface area contributed by atoms with Crippen molar-refractivity contribution < 1.29 is 19.4 Å². The van der Waals surface area contributed by atoms with E-state index >= 15 is 0 Å². The summed E-state index contributed by atoms with van der Waals surface area (Å²) in [7, 11) is 0. The molecule has 1 N–H and O–H groups in total. The van der Waals surface area contributed by atoms with Gasteiger partial charge in [-0.05, 0) is 77.0 Å². The molecule has 29 heavy (non-hydrogen) atoms. The minimum Gasteiger partial charge on any atom is -0.478 e. The monoisotopic (exact) mass is 402 g/mol. The summed E-state index contributed by atoms with van der Waals surface area (Å²) in [5.74, 6) is -0.318. The van der Waals surface area contributed by atoms with E-state index in [1.165, 1.54) is 11.6 Å². The van der Waals surface area contributed by atoms with E-state index in [1.807, 2.05) is 13.8 Å². The van der Waals surface area contributed by atoms with E-state index in [2.05, 4.69) is 33.8 Å². The fraction of sp³-hybridized carbons (Fsp3) is 0.680. The Morgan fingerprint density at radius 3 is 2.55 bits per heavy atom. The number of carbonyl (C=O) groups excluding carboxylic acids is 1. The number of carboxylic acid groups (broad SMARTS) is 1. The molecule has 0 aromatic rings. The second kappa shape index (κ2) is 8.89. The molecule has 0 aromatic heterocycles. The zero-order valence-electron chi connectivity index (χ0n) is 19.2. The number of hydrogen-bond donors (Lipinski definition) is 1. The SMILES string of the molecule is CC=C(C)C(=O)O[C@@H]1C[C@@H](C)[C@](C)(CCC(C)=CC(=O)O)[C@H]2CCC=C(C)[C@@]21C. The molecule has 162 valence electrons. The number of aliphatic carboxylic acids is 1. The van der Waals surface area contributed by atoms with Gasteiger partial charge in [-0.1, -0.05) is 44.1 Å². The summed E-state index contributed by atoms with van der Waals surface area (Å²) in [5.41, 5.74) is 2.76. The number of esters is 1. The Labute approximate surface area is 176 Å². The summed E-state index contributed by atoms with van der Waals surface area (Å²) >= 11 is 0. The fourth-order valence-electron chi connectivity index (χ4n) is 5.61. The van der Waals surface area contributed by atoms with Crippen molar-refractivity contribution in [2.75, 3.05) is 0 Å². The van der Waals surface area contributed by atoms with Gasteiger partial charge in [0.05, 0.1) is 0 Å². The van der Waals surface area contributed by atoms with Crippen molar-refractivity contribution in [2.24, 2.45) is 22.7 Å². The zero-order chi connectivity index (χ0) is 22.0. The van der Waals surface area contributed by atoms with Gasteiger partial charge in [0, 0.05) is 17.1 Å². The van der Waals surface area contributed by atoms with Gasteiger partial charge in [-0.2, -0.15) is 0 Å². The molecule has 1 saturated carbocycles. The molecule has 0 radical (unpaired) electrons. The first-order valence-electron chi connectivity index (χ1n) is 10.9. The molecular weight excluding hydrogens is 364 g/mol. The quantitative estimate of drug-likeness (QED) is 0.332. The Balaban J connectivity index is 2.37. The van der Waals surface area contributed by atoms with E-state index < -0.39 is 5.97 Å². The Kier molecular flexibility index (Phi) is 7.19. The maximum Gasteiger partial charge on any atom is 0.333 e. The Bertz CT molecular complexity index is 744. The third kappa shape index (κ3) is 4.51. The summed E-state index contributed by atoms with van der Waals surface area (Å²) in [5, 5.41) is 9.05. The summed E-state index contributed by atoms with van der Waals surface area (Å²) in [6, 6.07) is 0. The molecule has 2 rings (SSSR count). The lowest BCUT2D eigenvalue weighted by Gasteiger charge is -2.60. The molecule has 2 aliphatic carbocycles. The Morgan fingerprint density at radius 1 is 1.31 bits per heavy atom. The molecule has 4 heteroatoms. The molecule has 0 aliphatic heterocycles. The normalized spacial score (nSPS) is 35.6. The van der Waals surface area contributed by atoms with Crippen LogP contribution in [0.2, 0.25) is 0 Å². The zero-order valence-corrected chi connectivity index (χ0v) is 19.2. The molecule has 0 spiro atoms. The lowest BCUT2D eigenvalue weighted by Crippen LogP contribution is -2.57. The maximum absolute atomic E-state index is 12.6. The van der Waals surface area contributed by atoms with E-state index in [0.29, 0.717) is 17.4 Å². The lowest BCUT2D eigenvalue weighted by molar-refractivity contribution is -0.172. The predicted molar refractivity (Wildman–Crippen MR) is 116 cm³/mol. The van der Waals surface area contributed by atoms with Crippen LogP contribution in [0.1, 0.15) is 80.6 Å². The van der Waals surface area contributed by atoms with Crippen LogP contribution in [0, 0.1) is 22.7 Å². The molecule has 0 bridgehead atoms. The largest absolute Gasteiger partial charge is 0.478 e. The fourth-order valence-corrected chi connectivity index (χ4v) is 5.61. The number of hydrogen-bond acceptors (Lipinski definition) is 3. The number of ether oxygens (including phenoxy) is 1. The van der Waals surface area contributed by atoms with Gasteiger partial charge in [0.2, 0.25) is 0 Å². The van der Waals surface area contributed by atoms with Crippen LogP contribution in [-0.2, 0) is 14.3 Å². The third-order valence-electron chi connectivity index (χ3n) is 8.07. The van der Waals surface area contributed by atoms with E-state index in [1.54, 1.807) is 13.0 Å². The molecule has 2 aliphatic rings. The van der Waals surface area contributed by atoms with Crippen LogP contribution in [0.25, 0.3) is 0 Å². The van der Waals surface area contributed by atoms with Gasteiger partial charge in [0.25, 0.3) is 0 Å². The second-order valence-electron chi connectivity index (χ2n) is 9.64. The van der Waals surface area contributed by atoms with Crippen molar-refractivity contribution in [3.63, 3.8) is 0 Å². The minimum absolute atomic E-state index is 0.0659. The lowest BCUT2D eigenvalue weighted by atomic mass is 9.46. The van der Waals surface area contributed by atoms with E-state index in [0.717, 1.165) is 37.7 Å². The first kappa shape index (κ1) is 23.4. The molecule has 0 saturated heterocycles. The molecule has 0 amide bonds. The van der Waals surface area contributed by atoms with Crippen LogP contribution >= 0.6 is 0 Å². The average molecular weight is 403 g/mol. The van der Waals surface area contributed by atoms with Gasteiger partial charge < -0.3 is 9.84 Å². The Morgan fingerprint density at radius 2 is 1.97 bits per heavy atom. The molecule has 0 unspecified atom stereocenters. The van der Waals surface area contributed by atoms with Gasteiger partial charge in [-0.15, -0.1) is 0 Å². The van der Waals surface area contributed by atoms with Crippen LogP contribution in [0.5, 0.6) is 0 Å². The molecule has 4 nitrogen and oxygen atoms in total. The molecule has 0 aromatic carbocycles. The number of rotatable bonds is 6. The molecule has 5 atom stereocenters. The Hall–Kier alpha value is -1.84. The first-order chi connectivity index (χ1) is 13.5. The van der Waals surface area contributed by atoms with E-state index in [-0.39, 0.29) is 22.9 Å². The van der Waals surface area contributed by atoms with E-state index in [4.69, 9.17) is 9.84 Å². The molecule has 0 heterocycles. The molecular formula is C25H38O4. The smallest absolute Gasteiger partial charge is 0.333 e.